The molecule has 0 saturated carbocycles. The molecule has 0 amide bonds. The van der Waals surface area contributed by atoms with Gasteiger partial charge in [0.25, 0.3) is 0 Å². The molecule has 1 aromatic heterocycles. The second kappa shape index (κ2) is 8.14. The molecule has 1 aliphatic heterocycles. The zero-order valence-electron chi connectivity index (χ0n) is 14.6. The molecule has 1 aromatic carbocycles. The SMILES string of the molecule is O=[N+]([O-])c1ccc(N2CCOC[C@H]2c2ncn(CC(F)(F)F)n2)cc1OC(F)F. The van der Waals surface area contributed by atoms with Gasteiger partial charge in [0.1, 0.15) is 18.9 Å². The molecule has 0 N–H and O–H groups in total. The molecule has 14 heteroatoms. The molecule has 0 aliphatic carbocycles. The summed E-state index contributed by atoms with van der Waals surface area (Å²) in [6, 6.07) is 2.67. The number of nitrogens with zero attached hydrogens (tertiary/aromatic N) is 5. The van der Waals surface area contributed by atoms with Gasteiger partial charge in [0, 0.05) is 24.4 Å². The fraction of sp³-hybridized carbons (Fsp3) is 0.467. The number of alkyl halides is 5. The van der Waals surface area contributed by atoms with Crippen molar-refractivity contribution in [2.75, 3.05) is 24.7 Å². The highest BCUT2D eigenvalue weighted by molar-refractivity contribution is 5.60. The number of nitro benzene ring substituents is 1. The number of benzene rings is 1. The van der Waals surface area contributed by atoms with Crippen LogP contribution in [0.2, 0.25) is 0 Å². The lowest BCUT2D eigenvalue weighted by Crippen LogP contribution is -2.40. The van der Waals surface area contributed by atoms with Crippen LogP contribution in [0.25, 0.3) is 0 Å². The average Bonchev–Trinajstić information content (AvgIpc) is 3.07. The van der Waals surface area contributed by atoms with Crippen LogP contribution in [0.4, 0.5) is 33.3 Å². The zero-order valence-corrected chi connectivity index (χ0v) is 14.6. The van der Waals surface area contributed by atoms with Gasteiger partial charge in [-0.15, -0.1) is 0 Å². The average molecular weight is 423 g/mol. The Hall–Kier alpha value is -3.03. The van der Waals surface area contributed by atoms with E-state index in [0.717, 1.165) is 18.5 Å². The number of nitro groups is 1. The van der Waals surface area contributed by atoms with E-state index in [1.165, 1.54) is 6.07 Å². The summed E-state index contributed by atoms with van der Waals surface area (Å²) in [5.41, 5.74) is -0.377. The highest BCUT2D eigenvalue weighted by Gasteiger charge is 2.32. The second-order valence-electron chi connectivity index (χ2n) is 5.99. The molecule has 1 atom stereocenters. The summed E-state index contributed by atoms with van der Waals surface area (Å²) >= 11 is 0. The lowest BCUT2D eigenvalue weighted by Gasteiger charge is -2.35. The summed E-state index contributed by atoms with van der Waals surface area (Å²) in [5.74, 6) is -0.605. The van der Waals surface area contributed by atoms with Crippen molar-refractivity contribution in [1.82, 2.24) is 14.8 Å². The van der Waals surface area contributed by atoms with Crippen molar-refractivity contribution in [1.29, 1.82) is 0 Å². The standard InChI is InChI=1S/C15H14F5N5O4/c16-14(17)29-12-5-9(1-2-10(12)25(26)27)24-3-4-28-6-11(24)13-21-8-23(22-13)7-15(18,19)20/h1-2,5,8,11,14H,3-4,6-7H2/t11-/m0/s1. The Kier molecular flexibility index (Phi) is 5.81. The van der Waals surface area contributed by atoms with E-state index >= 15 is 0 Å². The van der Waals surface area contributed by atoms with Crippen molar-refractivity contribution >= 4 is 11.4 Å². The molecule has 0 bridgehead atoms. The number of morpholine rings is 1. The summed E-state index contributed by atoms with van der Waals surface area (Å²) in [6.07, 6.45) is -3.55. The van der Waals surface area contributed by atoms with Crippen LogP contribution in [-0.2, 0) is 11.3 Å². The van der Waals surface area contributed by atoms with Crippen LogP contribution in [0.15, 0.2) is 24.5 Å². The second-order valence-corrected chi connectivity index (χ2v) is 5.99. The smallest absolute Gasteiger partial charge is 0.408 e. The quantitative estimate of drug-likeness (QED) is 0.401. The summed E-state index contributed by atoms with van der Waals surface area (Å²) in [4.78, 5) is 15.6. The molecule has 0 radical (unpaired) electrons. The van der Waals surface area contributed by atoms with Crippen LogP contribution < -0.4 is 9.64 Å². The number of hydrogen-bond acceptors (Lipinski definition) is 7. The van der Waals surface area contributed by atoms with Gasteiger partial charge >= 0.3 is 18.5 Å². The summed E-state index contributed by atoms with van der Waals surface area (Å²) < 4.78 is 73.1. The maximum absolute atomic E-state index is 12.6. The Morgan fingerprint density at radius 3 is 2.79 bits per heavy atom. The maximum atomic E-state index is 12.6. The number of rotatable bonds is 6. The Labute approximate surface area is 159 Å². The summed E-state index contributed by atoms with van der Waals surface area (Å²) in [5, 5.41) is 14.8. The van der Waals surface area contributed by atoms with Gasteiger partial charge in [-0.25, -0.2) is 9.67 Å². The van der Waals surface area contributed by atoms with Crippen LogP contribution in [0.1, 0.15) is 11.9 Å². The van der Waals surface area contributed by atoms with Gasteiger partial charge in [0.05, 0.1) is 18.1 Å². The van der Waals surface area contributed by atoms with Gasteiger partial charge < -0.3 is 14.4 Å². The highest BCUT2D eigenvalue weighted by Crippen LogP contribution is 2.36. The third-order valence-corrected chi connectivity index (χ3v) is 4.01. The van der Waals surface area contributed by atoms with Crippen molar-refractivity contribution in [2.45, 2.75) is 25.4 Å². The van der Waals surface area contributed by atoms with Crippen molar-refractivity contribution in [2.24, 2.45) is 0 Å². The van der Waals surface area contributed by atoms with Gasteiger partial charge in [-0.05, 0) is 6.07 Å². The fourth-order valence-electron chi connectivity index (χ4n) is 2.87. The first-order valence-corrected chi connectivity index (χ1v) is 8.18. The van der Waals surface area contributed by atoms with Crippen molar-refractivity contribution in [3.8, 4) is 5.75 Å². The molecular formula is C15H14F5N5O4. The van der Waals surface area contributed by atoms with E-state index in [4.69, 9.17) is 4.74 Å². The first-order valence-electron chi connectivity index (χ1n) is 8.18. The minimum absolute atomic E-state index is 0.0258. The molecule has 0 unspecified atom stereocenters. The largest absolute Gasteiger partial charge is 0.427 e. The molecule has 3 rings (SSSR count). The Balaban J connectivity index is 1.91. The minimum Gasteiger partial charge on any atom is -0.427 e. The minimum atomic E-state index is -4.48. The van der Waals surface area contributed by atoms with E-state index in [2.05, 4.69) is 14.8 Å². The lowest BCUT2D eigenvalue weighted by molar-refractivity contribution is -0.386. The molecular weight excluding hydrogens is 409 g/mol. The van der Waals surface area contributed by atoms with Crippen LogP contribution in [0.3, 0.4) is 0 Å². The van der Waals surface area contributed by atoms with Gasteiger partial charge in [-0.1, -0.05) is 0 Å². The first kappa shape index (κ1) is 20.7. The summed E-state index contributed by atoms with van der Waals surface area (Å²) in [6.45, 7) is -4.11. The molecule has 1 saturated heterocycles. The highest BCUT2D eigenvalue weighted by atomic mass is 19.4. The van der Waals surface area contributed by atoms with Gasteiger partial charge in [-0.2, -0.15) is 27.1 Å². The molecule has 2 aromatic rings. The molecule has 1 fully saturated rings. The van der Waals surface area contributed by atoms with E-state index in [1.807, 2.05) is 0 Å². The van der Waals surface area contributed by atoms with Crippen LogP contribution in [-0.4, -0.2) is 52.2 Å². The van der Waals surface area contributed by atoms with Crippen molar-refractivity contribution in [3.05, 3.63) is 40.5 Å². The Bertz CT molecular complexity index is 875. The normalized spacial score (nSPS) is 17.6. The Morgan fingerprint density at radius 1 is 1.38 bits per heavy atom. The molecule has 0 spiro atoms. The zero-order chi connectivity index (χ0) is 21.2. The van der Waals surface area contributed by atoms with E-state index < -0.39 is 41.7 Å². The third-order valence-electron chi connectivity index (χ3n) is 4.01. The Morgan fingerprint density at radius 2 is 2.14 bits per heavy atom. The number of halogens is 5. The molecule has 158 valence electrons. The monoisotopic (exact) mass is 423 g/mol. The van der Waals surface area contributed by atoms with E-state index in [1.54, 1.807) is 4.90 Å². The van der Waals surface area contributed by atoms with Gasteiger partial charge in [0.15, 0.2) is 5.82 Å². The predicted molar refractivity (Wildman–Crippen MR) is 86.7 cm³/mol. The van der Waals surface area contributed by atoms with E-state index in [9.17, 15) is 32.1 Å². The van der Waals surface area contributed by atoms with Crippen LogP contribution in [0, 0.1) is 10.1 Å². The number of hydrogen-bond donors (Lipinski definition) is 0. The van der Waals surface area contributed by atoms with Gasteiger partial charge in [0.2, 0.25) is 5.75 Å². The van der Waals surface area contributed by atoms with Gasteiger partial charge in [-0.3, -0.25) is 10.1 Å². The molecule has 9 nitrogen and oxygen atoms in total. The maximum Gasteiger partial charge on any atom is 0.408 e. The fourth-order valence-corrected chi connectivity index (χ4v) is 2.87. The first-order chi connectivity index (χ1) is 13.6. The molecule has 29 heavy (non-hydrogen) atoms. The van der Waals surface area contributed by atoms with E-state index in [-0.39, 0.29) is 31.3 Å². The molecule has 2 heterocycles. The predicted octanol–water partition coefficient (Wildman–Crippen LogP) is 2.93. The van der Waals surface area contributed by atoms with E-state index in [0.29, 0.717) is 4.68 Å². The number of ether oxygens (including phenoxy) is 2. The van der Waals surface area contributed by atoms with Crippen molar-refractivity contribution < 1.29 is 36.3 Å². The molecule has 1 aliphatic rings. The lowest BCUT2D eigenvalue weighted by atomic mass is 10.1. The number of anilines is 1. The summed E-state index contributed by atoms with van der Waals surface area (Å²) in [7, 11) is 0. The third kappa shape index (κ3) is 5.07. The van der Waals surface area contributed by atoms with Crippen molar-refractivity contribution in [3.63, 3.8) is 0 Å². The topological polar surface area (TPSA) is 95.6 Å². The number of aromatic nitrogens is 3. The van der Waals surface area contributed by atoms with Crippen LogP contribution >= 0.6 is 0 Å². The van der Waals surface area contributed by atoms with Crippen LogP contribution in [0.5, 0.6) is 5.75 Å².